The molecule has 0 aliphatic carbocycles. The summed E-state index contributed by atoms with van der Waals surface area (Å²) in [7, 11) is 0. The number of anilines is 1. The Kier molecular flexibility index (Phi) is 6.86. The van der Waals surface area contributed by atoms with E-state index in [1.807, 2.05) is 0 Å². The van der Waals surface area contributed by atoms with E-state index >= 15 is 0 Å². The summed E-state index contributed by atoms with van der Waals surface area (Å²) in [6.45, 7) is 1.27. The van der Waals surface area contributed by atoms with E-state index in [9.17, 15) is 18.0 Å². The second kappa shape index (κ2) is 8.21. The van der Waals surface area contributed by atoms with E-state index in [-0.39, 0.29) is 22.4 Å². The Balaban J connectivity index is 0.000000272. The minimum absolute atomic E-state index is 0.0370. The topological polar surface area (TPSA) is 127 Å². The Hall–Kier alpha value is -1.99. The van der Waals surface area contributed by atoms with Gasteiger partial charge in [0.25, 0.3) is 0 Å². The van der Waals surface area contributed by atoms with Crippen molar-refractivity contribution in [3.05, 3.63) is 47.2 Å². The summed E-state index contributed by atoms with van der Waals surface area (Å²) in [5.74, 6) is -1.38. The summed E-state index contributed by atoms with van der Waals surface area (Å²) in [5, 5.41) is 20.4. The summed E-state index contributed by atoms with van der Waals surface area (Å²) in [6, 6.07) is 6.94. The monoisotopic (exact) mass is 421 g/mol. The number of rotatable bonds is 2. The molecular weight excluding hydrogens is 408 g/mol. The van der Waals surface area contributed by atoms with E-state index in [0.29, 0.717) is 0 Å². The molecule has 0 atom stereocenters. The Morgan fingerprint density at radius 2 is 1.71 bits per heavy atom. The second-order valence-electron chi connectivity index (χ2n) is 4.52. The van der Waals surface area contributed by atoms with Crippen molar-refractivity contribution in [1.82, 2.24) is 0 Å². The van der Waals surface area contributed by atoms with Crippen molar-refractivity contribution in [1.29, 1.82) is 0 Å². The molecule has 1 amide bonds. The molecule has 7 nitrogen and oxygen atoms in total. The summed E-state index contributed by atoms with van der Waals surface area (Å²) in [6.07, 6.45) is 0. The molecule has 0 saturated carbocycles. The van der Waals surface area contributed by atoms with Crippen molar-refractivity contribution < 1.29 is 31.3 Å². The second-order valence-corrected chi connectivity index (χ2v) is 8.23. The molecule has 0 bridgehead atoms. The molecule has 0 spiro atoms. The zero-order valence-corrected chi connectivity index (χ0v) is 14.9. The van der Waals surface area contributed by atoms with Crippen molar-refractivity contribution in [3.8, 4) is 11.5 Å². The molecule has 0 unspecified atom stereocenters. The maximum Gasteiger partial charge on any atom is 0.134 e. The third-order valence-electron chi connectivity index (χ3n) is 2.52. The van der Waals surface area contributed by atoms with Crippen molar-refractivity contribution in [2.24, 2.45) is 0 Å². The molecule has 2 aromatic carbocycles. The number of aromatic hydroxyl groups is 2. The Bertz CT molecular complexity index is 795. The predicted octanol–water partition coefficient (Wildman–Crippen LogP) is 1.10. The Morgan fingerprint density at radius 1 is 1.12 bits per heavy atom. The van der Waals surface area contributed by atoms with E-state index in [1.54, 1.807) is 0 Å². The number of halogens is 2. The largest absolute Gasteiger partial charge is 0.506 e. The van der Waals surface area contributed by atoms with Crippen LogP contribution in [0.5, 0.6) is 11.5 Å². The number of amides is 1. The third kappa shape index (κ3) is 6.25. The molecule has 0 aromatic heterocycles. The van der Waals surface area contributed by atoms with Gasteiger partial charge in [-0.05, 0) is 18.2 Å². The van der Waals surface area contributed by atoms with Gasteiger partial charge in [-0.25, -0.2) is 4.39 Å². The summed E-state index contributed by atoms with van der Waals surface area (Å²) < 4.78 is 40.5. The molecule has 130 valence electrons. The molecular formula is C14H14AsClFNO6. The van der Waals surface area contributed by atoms with Crippen LogP contribution >= 0.6 is 11.6 Å². The van der Waals surface area contributed by atoms with Crippen LogP contribution in [0.4, 0.5) is 10.1 Å². The van der Waals surface area contributed by atoms with Gasteiger partial charge in [-0.1, -0.05) is 11.6 Å². The van der Waals surface area contributed by atoms with E-state index < -0.39 is 30.1 Å². The molecule has 24 heavy (non-hydrogen) atoms. The van der Waals surface area contributed by atoms with Crippen LogP contribution in [0, 0.1) is 5.82 Å². The normalized spacial score (nSPS) is 10.5. The van der Waals surface area contributed by atoms with Crippen LogP contribution in [0.2, 0.25) is 5.02 Å². The van der Waals surface area contributed by atoms with Crippen LogP contribution in [0.15, 0.2) is 36.4 Å². The average Bonchev–Trinajstić information content (AvgIpc) is 2.44. The van der Waals surface area contributed by atoms with Gasteiger partial charge >= 0.3 is 88.1 Å². The molecule has 10 heteroatoms. The van der Waals surface area contributed by atoms with E-state index in [4.69, 9.17) is 24.9 Å². The van der Waals surface area contributed by atoms with Crippen LogP contribution in [0.1, 0.15) is 6.92 Å². The molecule has 0 heterocycles. The molecule has 0 aliphatic rings. The fraction of sp³-hybridized carbons (Fsp3) is 0.0714. The van der Waals surface area contributed by atoms with Crippen LogP contribution in [0.3, 0.4) is 0 Å². The van der Waals surface area contributed by atoms with Crippen LogP contribution in [0.25, 0.3) is 0 Å². The first-order chi connectivity index (χ1) is 11.0. The van der Waals surface area contributed by atoms with Gasteiger partial charge in [-0.15, -0.1) is 0 Å². The molecule has 0 fully saturated rings. The third-order valence-corrected chi connectivity index (χ3v) is 4.89. The van der Waals surface area contributed by atoms with Crippen LogP contribution in [-0.2, 0) is 8.53 Å². The Labute approximate surface area is 144 Å². The van der Waals surface area contributed by atoms with Gasteiger partial charge in [0.05, 0.1) is 5.02 Å². The molecule has 0 aliphatic heterocycles. The number of carbonyl (C=O) groups excluding carboxylic acids is 1. The minimum Gasteiger partial charge on any atom is -0.506 e. The predicted molar refractivity (Wildman–Crippen MR) is 86.0 cm³/mol. The molecule has 2 aromatic rings. The van der Waals surface area contributed by atoms with Crippen molar-refractivity contribution in [3.63, 3.8) is 0 Å². The van der Waals surface area contributed by atoms with Gasteiger partial charge in [0.1, 0.15) is 11.6 Å². The number of nitrogens with one attached hydrogen (secondary N) is 1. The number of carbonyl (C=O) groups is 1. The smallest absolute Gasteiger partial charge is 0.134 e. The maximum atomic E-state index is 12.2. The molecule has 0 radical (unpaired) electrons. The first kappa shape index (κ1) is 20.1. The zero-order valence-electron chi connectivity index (χ0n) is 12.3. The minimum atomic E-state index is -5.15. The fourth-order valence-electron chi connectivity index (χ4n) is 1.52. The molecule has 5 N–H and O–H groups in total. The number of hydrogen-bond acceptors (Lipinski definition) is 4. The first-order valence-corrected chi connectivity index (χ1v) is 10.1. The van der Waals surface area contributed by atoms with Gasteiger partial charge in [-0.3, -0.25) is 0 Å². The zero-order chi connectivity index (χ0) is 18.5. The SMILES string of the molecule is CC(=O)Nc1ccc(O)c([As](=O)(O)O)c1.Oc1ccc(F)cc1Cl. The Morgan fingerprint density at radius 3 is 2.17 bits per heavy atom. The number of phenolic OH excluding ortho intramolecular Hbond substituents is 2. The van der Waals surface area contributed by atoms with Gasteiger partial charge in [0.2, 0.25) is 0 Å². The number of benzene rings is 2. The molecule has 2 rings (SSSR count). The van der Waals surface area contributed by atoms with Gasteiger partial charge in [0, 0.05) is 0 Å². The van der Waals surface area contributed by atoms with E-state index in [1.165, 1.54) is 19.1 Å². The first-order valence-electron chi connectivity index (χ1n) is 6.31. The molecule has 0 saturated heterocycles. The van der Waals surface area contributed by atoms with Crippen LogP contribution in [-0.4, -0.2) is 38.5 Å². The summed E-state index contributed by atoms with van der Waals surface area (Å²) in [5.41, 5.74) is 0.236. The van der Waals surface area contributed by atoms with Crippen molar-refractivity contribution in [2.45, 2.75) is 6.92 Å². The van der Waals surface area contributed by atoms with E-state index in [2.05, 4.69) is 5.32 Å². The number of phenols is 2. The van der Waals surface area contributed by atoms with Crippen molar-refractivity contribution in [2.75, 3.05) is 5.32 Å². The maximum absolute atomic E-state index is 12.2. The van der Waals surface area contributed by atoms with Gasteiger partial charge in [-0.2, -0.15) is 0 Å². The quantitative estimate of drug-likeness (QED) is 0.365. The summed E-state index contributed by atoms with van der Waals surface area (Å²) in [4.78, 5) is 10.7. The van der Waals surface area contributed by atoms with Gasteiger partial charge < -0.3 is 5.11 Å². The average molecular weight is 422 g/mol. The van der Waals surface area contributed by atoms with Gasteiger partial charge in [0.15, 0.2) is 0 Å². The fourth-order valence-corrected chi connectivity index (χ4v) is 3.11. The summed E-state index contributed by atoms with van der Waals surface area (Å²) >= 11 is 0.175. The number of hydrogen-bond donors (Lipinski definition) is 5. The standard InChI is InChI=1S/C8H10AsNO5.C6H4ClFO/c1-5(11)10-6-2-3-8(12)7(4-6)9(13,14)15;7-5-3-4(8)1-2-6(5)9/h2-4,12H,1H3,(H,10,11)(H2,13,14,15);1-3,9H. The van der Waals surface area contributed by atoms with Crippen LogP contribution < -0.4 is 9.67 Å². The van der Waals surface area contributed by atoms with Crippen molar-refractivity contribution >= 4 is 41.7 Å². The van der Waals surface area contributed by atoms with E-state index in [0.717, 1.165) is 24.3 Å².